The minimum atomic E-state index is -0.377. The summed E-state index contributed by atoms with van der Waals surface area (Å²) >= 11 is 0. The minimum absolute atomic E-state index is 0.253. The van der Waals surface area contributed by atoms with Crippen LogP contribution in [-0.2, 0) is 9.47 Å². The van der Waals surface area contributed by atoms with E-state index in [0.29, 0.717) is 19.3 Å². The van der Waals surface area contributed by atoms with Gasteiger partial charge in [0, 0.05) is 19.2 Å². The third-order valence-corrected chi connectivity index (χ3v) is 4.58. The number of hydrogen-bond donors (Lipinski definition) is 1. The van der Waals surface area contributed by atoms with E-state index in [-0.39, 0.29) is 12.2 Å². The average Bonchev–Trinajstić information content (AvgIpc) is 2.99. The topological polar surface area (TPSA) is 41.9 Å². The number of nitrogens with zero attached hydrogens (tertiary/aromatic N) is 1. The van der Waals surface area contributed by atoms with Crippen molar-refractivity contribution in [1.82, 2.24) is 4.90 Å². The van der Waals surface area contributed by atoms with Crippen LogP contribution >= 0.6 is 0 Å². The molecule has 0 radical (unpaired) electrons. The fourth-order valence-corrected chi connectivity index (χ4v) is 3.42. The van der Waals surface area contributed by atoms with Crippen molar-refractivity contribution in [1.29, 1.82) is 0 Å². The van der Waals surface area contributed by atoms with Crippen molar-refractivity contribution < 1.29 is 14.6 Å². The molecule has 1 N–H and O–H groups in total. The highest BCUT2D eigenvalue weighted by molar-refractivity contribution is 4.77. The molecule has 2 atom stereocenters. The summed E-state index contributed by atoms with van der Waals surface area (Å²) in [6.07, 6.45) is 8.75. The van der Waals surface area contributed by atoms with Crippen LogP contribution in [-0.4, -0.2) is 61.2 Å². The second-order valence-electron chi connectivity index (χ2n) is 6.21. The second-order valence-corrected chi connectivity index (χ2v) is 6.21. The van der Waals surface area contributed by atoms with Crippen LogP contribution in [0, 0.1) is 0 Å². The first-order chi connectivity index (χ1) is 9.79. The fraction of sp³-hybridized carbons (Fsp3) is 1.00. The average molecular weight is 285 g/mol. The zero-order chi connectivity index (χ0) is 14.2. The van der Waals surface area contributed by atoms with E-state index >= 15 is 0 Å². The molecule has 1 aliphatic carbocycles. The second kappa shape index (κ2) is 8.98. The summed E-state index contributed by atoms with van der Waals surface area (Å²) in [7, 11) is 0. The Morgan fingerprint density at radius 2 is 2.00 bits per heavy atom. The van der Waals surface area contributed by atoms with Gasteiger partial charge in [0.25, 0.3) is 0 Å². The van der Waals surface area contributed by atoms with Gasteiger partial charge in [-0.15, -0.1) is 0 Å². The number of ether oxygens (including phenoxy) is 2. The summed E-state index contributed by atoms with van der Waals surface area (Å²) < 4.78 is 11.1. The lowest BCUT2D eigenvalue weighted by atomic mass is 9.94. The third kappa shape index (κ3) is 5.32. The Hall–Kier alpha value is -0.160. The van der Waals surface area contributed by atoms with E-state index in [4.69, 9.17) is 9.47 Å². The summed E-state index contributed by atoms with van der Waals surface area (Å²) in [5.74, 6) is 0. The molecular formula is C16H31NO3. The van der Waals surface area contributed by atoms with Crippen LogP contribution in [0.3, 0.4) is 0 Å². The molecule has 4 heteroatoms. The first-order valence-electron chi connectivity index (χ1n) is 8.41. The van der Waals surface area contributed by atoms with Crippen LogP contribution in [0.4, 0.5) is 0 Å². The molecule has 0 aromatic rings. The Labute approximate surface area is 123 Å². The predicted octanol–water partition coefficient (Wildman–Crippen LogP) is 2.20. The molecule has 1 saturated carbocycles. The van der Waals surface area contributed by atoms with Crippen LogP contribution < -0.4 is 0 Å². The van der Waals surface area contributed by atoms with Gasteiger partial charge in [0.05, 0.1) is 25.4 Å². The van der Waals surface area contributed by atoms with Gasteiger partial charge >= 0.3 is 0 Å². The van der Waals surface area contributed by atoms with E-state index < -0.39 is 0 Å². The number of hydrogen-bond acceptors (Lipinski definition) is 4. The number of aliphatic hydroxyl groups is 1. The van der Waals surface area contributed by atoms with Crippen molar-refractivity contribution >= 4 is 0 Å². The molecule has 2 unspecified atom stereocenters. The summed E-state index contributed by atoms with van der Waals surface area (Å²) in [5.41, 5.74) is 0. The van der Waals surface area contributed by atoms with Crippen molar-refractivity contribution in [2.45, 2.75) is 70.1 Å². The molecule has 4 nitrogen and oxygen atoms in total. The third-order valence-electron chi connectivity index (χ3n) is 4.58. The largest absolute Gasteiger partial charge is 0.389 e. The molecule has 1 saturated heterocycles. The van der Waals surface area contributed by atoms with Crippen molar-refractivity contribution in [3.05, 3.63) is 0 Å². The minimum Gasteiger partial charge on any atom is -0.389 e. The summed E-state index contributed by atoms with van der Waals surface area (Å²) in [4.78, 5) is 2.43. The van der Waals surface area contributed by atoms with Gasteiger partial charge < -0.3 is 14.6 Å². The summed E-state index contributed by atoms with van der Waals surface area (Å²) in [6, 6.07) is 0.668. The summed E-state index contributed by atoms with van der Waals surface area (Å²) in [5, 5.41) is 10.1. The SMILES string of the molecule is CCN(CC(O)COCC1CCCO1)C1CCCCC1. The molecule has 0 aromatic carbocycles. The van der Waals surface area contributed by atoms with Crippen molar-refractivity contribution in [2.75, 3.05) is 32.9 Å². The molecule has 0 spiro atoms. The molecule has 118 valence electrons. The lowest BCUT2D eigenvalue weighted by molar-refractivity contribution is -0.0295. The summed E-state index contributed by atoms with van der Waals surface area (Å²) in [6.45, 7) is 5.88. The standard InChI is InChI=1S/C16H31NO3/c1-2-17(14-7-4-3-5-8-14)11-15(18)12-19-13-16-9-6-10-20-16/h14-16,18H,2-13H2,1H3. The van der Waals surface area contributed by atoms with Crippen LogP contribution in [0.1, 0.15) is 51.9 Å². The lowest BCUT2D eigenvalue weighted by Crippen LogP contribution is -2.42. The maximum atomic E-state index is 10.1. The fourth-order valence-electron chi connectivity index (χ4n) is 3.42. The molecule has 1 aliphatic heterocycles. The first kappa shape index (κ1) is 16.2. The zero-order valence-corrected chi connectivity index (χ0v) is 12.9. The maximum absolute atomic E-state index is 10.1. The monoisotopic (exact) mass is 285 g/mol. The van der Waals surface area contributed by atoms with Crippen molar-refractivity contribution in [3.8, 4) is 0 Å². The molecule has 2 rings (SSSR count). The molecule has 2 aliphatic rings. The van der Waals surface area contributed by atoms with E-state index in [1.165, 1.54) is 32.1 Å². The highest BCUT2D eigenvalue weighted by atomic mass is 16.5. The first-order valence-corrected chi connectivity index (χ1v) is 8.41. The highest BCUT2D eigenvalue weighted by Gasteiger charge is 2.22. The molecular weight excluding hydrogens is 254 g/mol. The van der Waals surface area contributed by atoms with Crippen LogP contribution in [0.2, 0.25) is 0 Å². The molecule has 1 heterocycles. The van der Waals surface area contributed by atoms with E-state index in [1.807, 2.05) is 0 Å². The molecule has 2 fully saturated rings. The Balaban J connectivity index is 1.61. The zero-order valence-electron chi connectivity index (χ0n) is 12.9. The quantitative estimate of drug-likeness (QED) is 0.742. The normalized spacial score (nSPS) is 26.2. The van der Waals surface area contributed by atoms with Crippen LogP contribution in [0.25, 0.3) is 0 Å². The number of likely N-dealkylation sites (N-methyl/N-ethyl adjacent to an activating group) is 1. The maximum Gasteiger partial charge on any atom is 0.0900 e. The Morgan fingerprint density at radius 3 is 2.65 bits per heavy atom. The van der Waals surface area contributed by atoms with Gasteiger partial charge in [-0.05, 0) is 32.2 Å². The van der Waals surface area contributed by atoms with Gasteiger partial charge in [0.15, 0.2) is 0 Å². The lowest BCUT2D eigenvalue weighted by Gasteiger charge is -2.34. The Morgan fingerprint density at radius 1 is 1.20 bits per heavy atom. The van der Waals surface area contributed by atoms with E-state index in [2.05, 4.69) is 11.8 Å². The van der Waals surface area contributed by atoms with Crippen LogP contribution in [0.5, 0.6) is 0 Å². The van der Waals surface area contributed by atoms with Gasteiger partial charge in [-0.2, -0.15) is 0 Å². The van der Waals surface area contributed by atoms with E-state index in [9.17, 15) is 5.11 Å². The smallest absolute Gasteiger partial charge is 0.0900 e. The Bertz CT molecular complexity index is 250. The predicted molar refractivity (Wildman–Crippen MR) is 79.9 cm³/mol. The van der Waals surface area contributed by atoms with Gasteiger partial charge in [-0.25, -0.2) is 0 Å². The molecule has 0 aromatic heterocycles. The van der Waals surface area contributed by atoms with Gasteiger partial charge in [0.1, 0.15) is 0 Å². The number of aliphatic hydroxyl groups excluding tert-OH is 1. The van der Waals surface area contributed by atoms with Crippen molar-refractivity contribution in [3.63, 3.8) is 0 Å². The molecule has 0 amide bonds. The van der Waals surface area contributed by atoms with Gasteiger partial charge in [-0.3, -0.25) is 4.90 Å². The Kier molecular flexibility index (Phi) is 7.28. The van der Waals surface area contributed by atoms with Gasteiger partial charge in [-0.1, -0.05) is 26.2 Å². The molecule has 20 heavy (non-hydrogen) atoms. The van der Waals surface area contributed by atoms with E-state index in [0.717, 1.165) is 32.5 Å². The molecule has 0 bridgehead atoms. The van der Waals surface area contributed by atoms with Crippen LogP contribution in [0.15, 0.2) is 0 Å². The van der Waals surface area contributed by atoms with Crippen molar-refractivity contribution in [2.24, 2.45) is 0 Å². The van der Waals surface area contributed by atoms with E-state index in [1.54, 1.807) is 0 Å². The highest BCUT2D eigenvalue weighted by Crippen LogP contribution is 2.22. The van der Waals surface area contributed by atoms with Gasteiger partial charge in [0.2, 0.25) is 0 Å². The number of rotatable bonds is 8.